The van der Waals surface area contributed by atoms with Crippen molar-refractivity contribution in [1.29, 1.82) is 0 Å². The van der Waals surface area contributed by atoms with Gasteiger partial charge in [0.25, 0.3) is 5.56 Å². The molecule has 0 aliphatic rings. The summed E-state index contributed by atoms with van der Waals surface area (Å²) in [5, 5.41) is 17.8. The quantitative estimate of drug-likeness (QED) is 0.822. The fourth-order valence-corrected chi connectivity index (χ4v) is 1.75. The molecule has 0 amide bonds. The first-order valence-electron chi connectivity index (χ1n) is 4.20. The predicted octanol–water partition coefficient (Wildman–Crippen LogP) is 0.272. The van der Waals surface area contributed by atoms with Crippen LogP contribution in [-0.4, -0.2) is 27.5 Å². The molecule has 0 fully saturated rings. The summed E-state index contributed by atoms with van der Waals surface area (Å²) in [7, 11) is 0. The minimum atomic E-state index is -0.901. The molecule has 0 aliphatic heterocycles. The van der Waals surface area contributed by atoms with Gasteiger partial charge in [0.2, 0.25) is 0 Å². The van der Waals surface area contributed by atoms with Crippen molar-refractivity contribution in [3.8, 4) is 0 Å². The number of aliphatic hydroxyl groups is 2. The van der Waals surface area contributed by atoms with Crippen LogP contribution in [0.2, 0.25) is 0 Å². The number of hydrogen-bond donors (Lipinski definition) is 2. The van der Waals surface area contributed by atoms with Crippen LogP contribution in [-0.2, 0) is 6.54 Å². The minimum Gasteiger partial charge on any atom is -0.394 e. The maximum Gasteiger partial charge on any atom is 0.253 e. The van der Waals surface area contributed by atoms with Gasteiger partial charge in [0, 0.05) is 16.2 Å². The van der Waals surface area contributed by atoms with Crippen LogP contribution in [0.4, 0.5) is 0 Å². The number of pyridine rings is 1. The van der Waals surface area contributed by atoms with Crippen molar-refractivity contribution >= 4 is 15.9 Å². The molecule has 0 aliphatic carbocycles. The molecular weight excluding hydrogens is 250 g/mol. The Kier molecular flexibility index (Phi) is 3.86. The van der Waals surface area contributed by atoms with Crippen LogP contribution in [0.25, 0.3) is 0 Å². The first-order valence-corrected chi connectivity index (χ1v) is 4.99. The maximum absolute atomic E-state index is 11.5. The summed E-state index contributed by atoms with van der Waals surface area (Å²) >= 11 is 3.26. The number of aromatic nitrogens is 1. The van der Waals surface area contributed by atoms with Crippen LogP contribution in [0.3, 0.4) is 0 Å². The van der Waals surface area contributed by atoms with Crippen molar-refractivity contribution in [3.63, 3.8) is 0 Å². The molecule has 0 bridgehead atoms. The average Bonchev–Trinajstić information content (AvgIpc) is 2.13. The fraction of sp³-hybridized carbons (Fsp3) is 0.444. The molecular formula is C9H12BrNO3. The molecule has 78 valence electrons. The molecule has 0 saturated heterocycles. The minimum absolute atomic E-state index is 0.107. The first kappa shape index (κ1) is 11.4. The van der Waals surface area contributed by atoms with Crippen molar-refractivity contribution in [3.05, 3.63) is 32.7 Å². The second-order valence-electron chi connectivity index (χ2n) is 3.14. The number of nitrogens with zero attached hydrogens (tertiary/aromatic N) is 1. The Balaban J connectivity index is 3.02. The standard InChI is InChI=1S/C9H12BrNO3/c1-6-2-7(10)3-11(9(6)14)4-8(13)5-12/h2-3,8,12-13H,4-5H2,1H3. The van der Waals surface area contributed by atoms with E-state index in [1.54, 1.807) is 19.2 Å². The average molecular weight is 262 g/mol. The van der Waals surface area contributed by atoms with Gasteiger partial charge in [-0.2, -0.15) is 0 Å². The number of rotatable bonds is 3. The van der Waals surface area contributed by atoms with Crippen LogP contribution in [0.1, 0.15) is 5.56 Å². The highest BCUT2D eigenvalue weighted by atomic mass is 79.9. The molecule has 2 N–H and O–H groups in total. The van der Waals surface area contributed by atoms with E-state index in [1.807, 2.05) is 0 Å². The van der Waals surface area contributed by atoms with Crippen molar-refractivity contribution in [2.45, 2.75) is 19.6 Å². The lowest BCUT2D eigenvalue weighted by Crippen LogP contribution is -2.29. The van der Waals surface area contributed by atoms with Crippen molar-refractivity contribution in [2.24, 2.45) is 0 Å². The molecule has 1 aromatic rings. The summed E-state index contributed by atoms with van der Waals surface area (Å²) in [6.07, 6.45) is 0.690. The third-order valence-corrected chi connectivity index (χ3v) is 2.28. The van der Waals surface area contributed by atoms with E-state index in [1.165, 1.54) is 4.57 Å². The van der Waals surface area contributed by atoms with Crippen molar-refractivity contribution < 1.29 is 10.2 Å². The second-order valence-corrected chi connectivity index (χ2v) is 4.05. The van der Waals surface area contributed by atoms with Crippen LogP contribution in [0, 0.1) is 6.92 Å². The zero-order valence-corrected chi connectivity index (χ0v) is 9.36. The van der Waals surface area contributed by atoms with Gasteiger partial charge < -0.3 is 14.8 Å². The van der Waals surface area contributed by atoms with Crippen molar-refractivity contribution in [1.82, 2.24) is 4.57 Å². The molecule has 1 heterocycles. The highest BCUT2D eigenvalue weighted by Gasteiger charge is 2.06. The van der Waals surface area contributed by atoms with Gasteiger partial charge in [0.15, 0.2) is 0 Å². The molecule has 0 spiro atoms. The SMILES string of the molecule is Cc1cc(Br)cn(CC(O)CO)c1=O. The molecule has 0 saturated carbocycles. The molecule has 5 heteroatoms. The monoisotopic (exact) mass is 261 g/mol. The number of aryl methyl sites for hydroxylation is 1. The summed E-state index contributed by atoms with van der Waals surface area (Å²) in [5.74, 6) is 0. The molecule has 14 heavy (non-hydrogen) atoms. The van der Waals surface area contributed by atoms with Crippen LogP contribution in [0.15, 0.2) is 21.5 Å². The molecule has 0 radical (unpaired) electrons. The summed E-state index contributed by atoms with van der Waals surface area (Å²) < 4.78 is 2.15. The maximum atomic E-state index is 11.5. The predicted molar refractivity (Wildman–Crippen MR) is 56.2 cm³/mol. The lowest BCUT2D eigenvalue weighted by Gasteiger charge is -2.10. The molecule has 1 rings (SSSR count). The first-order chi connectivity index (χ1) is 6.54. The molecule has 1 atom stereocenters. The summed E-state index contributed by atoms with van der Waals surface area (Å²) in [4.78, 5) is 11.5. The lowest BCUT2D eigenvalue weighted by molar-refractivity contribution is 0.0803. The van der Waals surface area contributed by atoms with Gasteiger partial charge in [-0.15, -0.1) is 0 Å². The van der Waals surface area contributed by atoms with Crippen molar-refractivity contribution in [2.75, 3.05) is 6.61 Å². The van der Waals surface area contributed by atoms with Gasteiger partial charge >= 0.3 is 0 Å². The Hall–Kier alpha value is -0.650. The normalized spacial score (nSPS) is 12.9. The van der Waals surface area contributed by atoms with E-state index in [2.05, 4.69) is 15.9 Å². The summed E-state index contributed by atoms with van der Waals surface area (Å²) in [6.45, 7) is 1.46. The second kappa shape index (κ2) is 4.72. The summed E-state index contributed by atoms with van der Waals surface area (Å²) in [5.41, 5.74) is 0.449. The van der Waals surface area contributed by atoms with Gasteiger partial charge in [-0.25, -0.2) is 0 Å². The van der Waals surface area contributed by atoms with Crippen LogP contribution in [0.5, 0.6) is 0 Å². The van der Waals surface area contributed by atoms with E-state index in [9.17, 15) is 9.90 Å². The smallest absolute Gasteiger partial charge is 0.253 e. The third kappa shape index (κ3) is 2.67. The number of aliphatic hydroxyl groups excluding tert-OH is 2. The largest absolute Gasteiger partial charge is 0.394 e. The van der Waals surface area contributed by atoms with E-state index in [0.29, 0.717) is 5.56 Å². The Morgan fingerprint density at radius 3 is 2.86 bits per heavy atom. The van der Waals surface area contributed by atoms with Gasteiger partial charge in [-0.05, 0) is 28.9 Å². The highest BCUT2D eigenvalue weighted by Crippen LogP contribution is 2.08. The van der Waals surface area contributed by atoms with Gasteiger partial charge in [-0.1, -0.05) is 0 Å². The Morgan fingerprint density at radius 1 is 1.64 bits per heavy atom. The van der Waals surface area contributed by atoms with E-state index in [-0.39, 0.29) is 18.7 Å². The zero-order chi connectivity index (χ0) is 10.7. The molecule has 0 aromatic carbocycles. The van der Waals surface area contributed by atoms with E-state index < -0.39 is 6.10 Å². The third-order valence-electron chi connectivity index (χ3n) is 1.85. The van der Waals surface area contributed by atoms with Crippen LogP contribution < -0.4 is 5.56 Å². The van der Waals surface area contributed by atoms with Gasteiger partial charge in [0.05, 0.1) is 19.3 Å². The molecule has 1 unspecified atom stereocenters. The molecule has 1 aromatic heterocycles. The Labute approximate surface area is 89.9 Å². The Morgan fingerprint density at radius 2 is 2.29 bits per heavy atom. The number of hydrogen-bond acceptors (Lipinski definition) is 3. The highest BCUT2D eigenvalue weighted by molar-refractivity contribution is 9.10. The topological polar surface area (TPSA) is 62.5 Å². The lowest BCUT2D eigenvalue weighted by atomic mass is 10.3. The fourth-order valence-electron chi connectivity index (χ4n) is 1.16. The van der Waals surface area contributed by atoms with E-state index in [4.69, 9.17) is 5.11 Å². The molecule has 4 nitrogen and oxygen atoms in total. The van der Waals surface area contributed by atoms with Crippen LogP contribution >= 0.6 is 15.9 Å². The van der Waals surface area contributed by atoms with E-state index in [0.717, 1.165) is 4.47 Å². The Bertz CT molecular complexity index is 375. The number of halogens is 1. The van der Waals surface area contributed by atoms with E-state index >= 15 is 0 Å². The van der Waals surface area contributed by atoms with Gasteiger partial charge in [-0.3, -0.25) is 4.79 Å². The van der Waals surface area contributed by atoms with Gasteiger partial charge in [0.1, 0.15) is 0 Å². The summed E-state index contributed by atoms with van der Waals surface area (Å²) in [6, 6.07) is 1.71. The zero-order valence-electron chi connectivity index (χ0n) is 7.77.